The minimum Gasteiger partial charge on any atom is -0.497 e. The fourth-order valence-corrected chi connectivity index (χ4v) is 2.69. The standard InChI is InChI=1S/C13H9N.C6H3N3O7/c1-3-7-12-10(5-1)9-11-6-2-4-8-13(11)14-12;10-6-4(8(13)14)1-3(7(11)12)2-5(6)9(15)16/h1-9H;1-2,10H. The Bertz CT molecular complexity index is 1170. The van der Waals surface area contributed by atoms with Crippen molar-refractivity contribution in [2.75, 3.05) is 0 Å². The molecule has 0 aliphatic rings. The number of nitro groups is 3. The first-order valence-electron chi connectivity index (χ1n) is 8.32. The van der Waals surface area contributed by atoms with Crippen LogP contribution in [0.15, 0.2) is 66.7 Å². The number of fused-ring (bicyclic) bond motifs is 2. The molecule has 0 fully saturated rings. The average Bonchev–Trinajstić information content (AvgIpc) is 2.72. The normalized spacial score (nSPS) is 10.3. The van der Waals surface area contributed by atoms with Gasteiger partial charge < -0.3 is 5.11 Å². The predicted octanol–water partition coefficient (Wildman–Crippen LogP) is 4.50. The zero-order valence-electron chi connectivity index (χ0n) is 15.0. The lowest BCUT2D eigenvalue weighted by Crippen LogP contribution is -1.97. The number of nitrogens with zero attached hydrogens (tertiary/aromatic N) is 4. The van der Waals surface area contributed by atoms with E-state index in [-0.39, 0.29) is 0 Å². The van der Waals surface area contributed by atoms with E-state index >= 15 is 0 Å². The molecule has 0 unspecified atom stereocenters. The number of pyridine rings is 1. The molecule has 1 N–H and O–H groups in total. The summed E-state index contributed by atoms with van der Waals surface area (Å²) in [6.45, 7) is 0. The van der Waals surface area contributed by atoms with Crippen molar-refractivity contribution in [1.82, 2.24) is 4.98 Å². The van der Waals surface area contributed by atoms with Gasteiger partial charge in [0.1, 0.15) is 0 Å². The van der Waals surface area contributed by atoms with Gasteiger partial charge in [-0.25, -0.2) is 4.98 Å². The van der Waals surface area contributed by atoms with Gasteiger partial charge in [-0.15, -0.1) is 0 Å². The van der Waals surface area contributed by atoms with Gasteiger partial charge in [-0.3, -0.25) is 30.3 Å². The van der Waals surface area contributed by atoms with Crippen LogP contribution in [0.5, 0.6) is 5.75 Å². The SMILES string of the molecule is O=[N+]([O-])c1cc([N+](=O)[O-])c(O)c([N+](=O)[O-])c1.c1ccc2nc3ccccc3cc2c1. The van der Waals surface area contributed by atoms with Crippen LogP contribution in [0.4, 0.5) is 17.1 Å². The van der Waals surface area contributed by atoms with Gasteiger partial charge in [-0.05, 0) is 18.2 Å². The third kappa shape index (κ3) is 4.09. The Hall–Kier alpha value is -4.67. The van der Waals surface area contributed by atoms with Crippen LogP contribution in [0.1, 0.15) is 0 Å². The first-order valence-corrected chi connectivity index (χ1v) is 8.32. The van der Waals surface area contributed by atoms with Crippen molar-refractivity contribution in [1.29, 1.82) is 0 Å². The molecule has 30 heavy (non-hydrogen) atoms. The predicted molar refractivity (Wildman–Crippen MR) is 107 cm³/mol. The summed E-state index contributed by atoms with van der Waals surface area (Å²) in [6, 6.07) is 19.5. The molecule has 0 saturated heterocycles. The van der Waals surface area contributed by atoms with Gasteiger partial charge in [0.25, 0.3) is 11.4 Å². The lowest BCUT2D eigenvalue weighted by Gasteiger charge is -1.99. The molecule has 11 heteroatoms. The Morgan fingerprint density at radius 2 is 1.10 bits per heavy atom. The topological polar surface area (TPSA) is 163 Å². The van der Waals surface area contributed by atoms with Crippen LogP contribution in [0.3, 0.4) is 0 Å². The Morgan fingerprint density at radius 3 is 1.50 bits per heavy atom. The maximum atomic E-state index is 10.4. The summed E-state index contributed by atoms with van der Waals surface area (Å²) in [6.07, 6.45) is 0. The molecule has 0 spiro atoms. The van der Waals surface area contributed by atoms with E-state index in [0.717, 1.165) is 11.0 Å². The van der Waals surface area contributed by atoms with E-state index in [1.165, 1.54) is 10.8 Å². The van der Waals surface area contributed by atoms with Crippen molar-refractivity contribution in [2.45, 2.75) is 0 Å². The molecule has 1 aromatic heterocycles. The molecule has 0 aliphatic carbocycles. The van der Waals surface area contributed by atoms with Crippen molar-refractivity contribution in [3.05, 3.63) is 97.1 Å². The second kappa shape index (κ2) is 8.14. The molecule has 0 radical (unpaired) electrons. The molecule has 0 saturated carbocycles. The highest BCUT2D eigenvalue weighted by molar-refractivity contribution is 5.92. The highest BCUT2D eigenvalue weighted by Crippen LogP contribution is 2.38. The monoisotopic (exact) mass is 408 g/mol. The number of non-ortho nitro benzene ring substituents is 1. The van der Waals surface area contributed by atoms with Crippen LogP contribution in [-0.2, 0) is 0 Å². The van der Waals surface area contributed by atoms with E-state index in [0.29, 0.717) is 12.1 Å². The van der Waals surface area contributed by atoms with Crippen molar-refractivity contribution in [3.63, 3.8) is 0 Å². The molecule has 4 rings (SSSR count). The summed E-state index contributed by atoms with van der Waals surface area (Å²) in [5, 5.41) is 42.6. The molecule has 3 aromatic carbocycles. The average molecular weight is 408 g/mol. The Morgan fingerprint density at radius 1 is 0.667 bits per heavy atom. The molecular weight excluding hydrogens is 396 g/mol. The first kappa shape index (κ1) is 20.1. The number of phenolic OH excluding ortho intramolecular Hbond substituents is 1. The Kier molecular flexibility index (Phi) is 5.45. The van der Waals surface area contributed by atoms with Crippen LogP contribution < -0.4 is 0 Å². The number of rotatable bonds is 3. The van der Waals surface area contributed by atoms with Gasteiger partial charge in [0, 0.05) is 10.8 Å². The quantitative estimate of drug-likeness (QED) is 0.294. The van der Waals surface area contributed by atoms with Gasteiger partial charge in [0.15, 0.2) is 0 Å². The van der Waals surface area contributed by atoms with Crippen LogP contribution in [-0.4, -0.2) is 24.9 Å². The third-order valence-corrected chi connectivity index (χ3v) is 4.08. The summed E-state index contributed by atoms with van der Waals surface area (Å²) < 4.78 is 0. The van der Waals surface area contributed by atoms with Gasteiger partial charge in [0.05, 0.1) is 37.9 Å². The molecular formula is C19H12N4O7. The fourth-order valence-electron chi connectivity index (χ4n) is 2.69. The lowest BCUT2D eigenvalue weighted by molar-refractivity contribution is -0.404. The molecule has 1 heterocycles. The van der Waals surface area contributed by atoms with Crippen molar-refractivity contribution >= 4 is 38.9 Å². The van der Waals surface area contributed by atoms with Gasteiger partial charge >= 0.3 is 11.4 Å². The Balaban J connectivity index is 0.000000171. The van der Waals surface area contributed by atoms with E-state index in [2.05, 4.69) is 23.2 Å². The number of benzene rings is 3. The zero-order chi connectivity index (χ0) is 21.8. The molecule has 0 amide bonds. The van der Waals surface area contributed by atoms with Crippen LogP contribution in [0, 0.1) is 30.3 Å². The summed E-state index contributed by atoms with van der Waals surface area (Å²) >= 11 is 0. The van der Waals surface area contributed by atoms with Crippen LogP contribution >= 0.6 is 0 Å². The van der Waals surface area contributed by atoms with E-state index in [1.54, 1.807) is 0 Å². The molecule has 0 atom stereocenters. The maximum Gasteiger partial charge on any atom is 0.324 e. The Labute approximate surface area is 167 Å². The summed E-state index contributed by atoms with van der Waals surface area (Å²) in [5.74, 6) is -1.21. The van der Waals surface area contributed by atoms with E-state index in [4.69, 9.17) is 5.11 Å². The van der Waals surface area contributed by atoms with Crippen molar-refractivity contribution < 1.29 is 19.9 Å². The van der Waals surface area contributed by atoms with Crippen LogP contribution in [0.2, 0.25) is 0 Å². The number of aromatic nitrogens is 1. The van der Waals surface area contributed by atoms with Crippen molar-refractivity contribution in [2.24, 2.45) is 0 Å². The molecule has 0 aliphatic heterocycles. The third-order valence-electron chi connectivity index (χ3n) is 4.08. The van der Waals surface area contributed by atoms with Crippen molar-refractivity contribution in [3.8, 4) is 5.75 Å². The number of hydrogen-bond donors (Lipinski definition) is 1. The van der Waals surface area contributed by atoms with E-state index in [1.807, 2.05) is 36.4 Å². The number of aromatic hydroxyl groups is 1. The summed E-state index contributed by atoms with van der Waals surface area (Å²) in [5.41, 5.74) is -0.879. The maximum absolute atomic E-state index is 10.4. The van der Waals surface area contributed by atoms with Gasteiger partial charge in [-0.2, -0.15) is 0 Å². The minimum atomic E-state index is -1.21. The summed E-state index contributed by atoms with van der Waals surface area (Å²) in [4.78, 5) is 32.3. The number of nitro benzene ring substituents is 3. The lowest BCUT2D eigenvalue weighted by atomic mass is 10.1. The van der Waals surface area contributed by atoms with Crippen LogP contribution in [0.25, 0.3) is 21.8 Å². The number of hydrogen-bond acceptors (Lipinski definition) is 8. The number of phenols is 1. The number of para-hydroxylation sites is 2. The molecule has 0 bridgehead atoms. The summed E-state index contributed by atoms with van der Waals surface area (Å²) in [7, 11) is 0. The van der Waals surface area contributed by atoms with Gasteiger partial charge in [0.2, 0.25) is 0 Å². The largest absolute Gasteiger partial charge is 0.497 e. The minimum absolute atomic E-state index is 0.447. The second-order valence-electron chi connectivity index (χ2n) is 5.98. The zero-order valence-corrected chi connectivity index (χ0v) is 15.0. The molecule has 150 valence electrons. The van der Waals surface area contributed by atoms with Gasteiger partial charge in [-0.1, -0.05) is 36.4 Å². The molecule has 4 aromatic rings. The second-order valence-corrected chi connectivity index (χ2v) is 5.98. The first-order chi connectivity index (χ1) is 14.3. The highest BCUT2D eigenvalue weighted by atomic mass is 16.6. The highest BCUT2D eigenvalue weighted by Gasteiger charge is 2.30. The molecule has 11 nitrogen and oxygen atoms in total. The fraction of sp³-hybridized carbons (Fsp3) is 0. The smallest absolute Gasteiger partial charge is 0.324 e. The van der Waals surface area contributed by atoms with E-state index in [9.17, 15) is 30.3 Å². The van der Waals surface area contributed by atoms with E-state index < -0.39 is 37.6 Å².